The average molecular weight is 268 g/mol. The number of nitrogens with one attached hydrogen (secondary N) is 2. The minimum Gasteiger partial charge on any atom is -0.357 e. The maximum atomic E-state index is 6.11. The Morgan fingerprint density at radius 3 is 2.67 bits per heavy atom. The molecule has 0 saturated heterocycles. The van der Waals surface area contributed by atoms with Crippen molar-refractivity contribution < 1.29 is 0 Å². The minimum atomic E-state index is 0.411. The first-order chi connectivity index (χ1) is 8.67. The van der Waals surface area contributed by atoms with Gasteiger partial charge < -0.3 is 10.6 Å². The van der Waals surface area contributed by atoms with Crippen LogP contribution in [0.25, 0.3) is 0 Å². The quantitative estimate of drug-likeness (QED) is 0.635. The fraction of sp³-hybridized carbons (Fsp3) is 0.500. The van der Waals surface area contributed by atoms with Gasteiger partial charge in [0.2, 0.25) is 0 Å². The van der Waals surface area contributed by atoms with Crippen molar-refractivity contribution in [1.29, 1.82) is 0 Å². The number of guanidine groups is 1. The Morgan fingerprint density at radius 1 is 1.33 bits per heavy atom. The summed E-state index contributed by atoms with van der Waals surface area (Å²) in [7, 11) is 0. The summed E-state index contributed by atoms with van der Waals surface area (Å²) in [5, 5.41) is 7.35. The normalized spacial score (nSPS) is 13.2. The number of hydrogen-bond acceptors (Lipinski definition) is 1. The fourth-order valence-corrected chi connectivity index (χ4v) is 1.64. The van der Waals surface area contributed by atoms with Gasteiger partial charge >= 0.3 is 0 Å². The van der Waals surface area contributed by atoms with E-state index < -0.39 is 0 Å². The standard InChI is InChI=1S/C14H22ClN3/c1-4-11(3)18-14(16-5-2)17-10-12-8-6-7-9-13(12)15/h6-9,11H,4-5,10H2,1-3H3,(H2,16,17,18). The summed E-state index contributed by atoms with van der Waals surface area (Å²) in [4.78, 5) is 4.54. The van der Waals surface area contributed by atoms with Crippen molar-refractivity contribution in [3.8, 4) is 0 Å². The zero-order chi connectivity index (χ0) is 13.4. The van der Waals surface area contributed by atoms with Crippen LogP contribution < -0.4 is 10.6 Å². The zero-order valence-corrected chi connectivity index (χ0v) is 12.1. The van der Waals surface area contributed by atoms with Crippen molar-refractivity contribution in [3.63, 3.8) is 0 Å². The summed E-state index contributed by atoms with van der Waals surface area (Å²) in [6, 6.07) is 8.21. The molecule has 0 radical (unpaired) electrons. The Morgan fingerprint density at radius 2 is 2.06 bits per heavy atom. The Labute approximate surface area is 115 Å². The zero-order valence-electron chi connectivity index (χ0n) is 11.3. The molecule has 0 bridgehead atoms. The van der Waals surface area contributed by atoms with E-state index in [2.05, 4.69) is 36.4 Å². The molecule has 3 nitrogen and oxygen atoms in total. The molecule has 4 heteroatoms. The van der Waals surface area contributed by atoms with E-state index in [4.69, 9.17) is 11.6 Å². The molecule has 0 spiro atoms. The predicted molar refractivity (Wildman–Crippen MR) is 79.2 cm³/mol. The first-order valence-corrected chi connectivity index (χ1v) is 6.83. The van der Waals surface area contributed by atoms with E-state index in [1.54, 1.807) is 0 Å². The van der Waals surface area contributed by atoms with Crippen molar-refractivity contribution in [3.05, 3.63) is 34.9 Å². The molecule has 1 atom stereocenters. The molecule has 0 fully saturated rings. The SMILES string of the molecule is CCNC(=NCc1ccccc1Cl)NC(C)CC. The van der Waals surface area contributed by atoms with Crippen LogP contribution in [0.15, 0.2) is 29.3 Å². The summed E-state index contributed by atoms with van der Waals surface area (Å²) >= 11 is 6.11. The number of benzene rings is 1. The third-order valence-electron chi connectivity index (χ3n) is 2.71. The van der Waals surface area contributed by atoms with Crippen LogP contribution in [0.1, 0.15) is 32.8 Å². The summed E-state index contributed by atoms with van der Waals surface area (Å²) < 4.78 is 0. The van der Waals surface area contributed by atoms with E-state index in [0.29, 0.717) is 12.6 Å². The van der Waals surface area contributed by atoms with Gasteiger partial charge in [0, 0.05) is 17.6 Å². The topological polar surface area (TPSA) is 36.4 Å². The van der Waals surface area contributed by atoms with Gasteiger partial charge in [0.15, 0.2) is 5.96 Å². The summed E-state index contributed by atoms with van der Waals surface area (Å²) in [6.45, 7) is 7.79. The molecule has 0 heterocycles. The third kappa shape index (κ3) is 4.96. The number of hydrogen-bond donors (Lipinski definition) is 2. The maximum Gasteiger partial charge on any atom is 0.191 e. The molecule has 100 valence electrons. The van der Waals surface area contributed by atoms with Gasteiger partial charge in [0.25, 0.3) is 0 Å². The molecule has 2 N–H and O–H groups in total. The van der Waals surface area contributed by atoms with E-state index in [9.17, 15) is 0 Å². The average Bonchev–Trinajstić information content (AvgIpc) is 2.37. The summed E-state index contributed by atoms with van der Waals surface area (Å²) in [5.41, 5.74) is 1.04. The highest BCUT2D eigenvalue weighted by Crippen LogP contribution is 2.15. The predicted octanol–water partition coefficient (Wildman–Crippen LogP) is 3.19. The minimum absolute atomic E-state index is 0.411. The highest BCUT2D eigenvalue weighted by molar-refractivity contribution is 6.31. The number of rotatable bonds is 5. The van der Waals surface area contributed by atoms with Gasteiger partial charge in [-0.3, -0.25) is 0 Å². The lowest BCUT2D eigenvalue weighted by atomic mass is 10.2. The van der Waals surface area contributed by atoms with Crippen LogP contribution in [0.2, 0.25) is 5.02 Å². The molecule has 1 rings (SSSR count). The first-order valence-electron chi connectivity index (χ1n) is 6.45. The first kappa shape index (κ1) is 14.8. The molecule has 0 aliphatic rings. The number of halogens is 1. The highest BCUT2D eigenvalue weighted by Gasteiger charge is 2.03. The van der Waals surface area contributed by atoms with Crippen LogP contribution in [0.5, 0.6) is 0 Å². The molecule has 0 amide bonds. The van der Waals surface area contributed by atoms with Crippen LogP contribution in [0.4, 0.5) is 0 Å². The molecular weight excluding hydrogens is 246 g/mol. The Bertz CT molecular complexity index is 390. The number of nitrogens with zero attached hydrogens (tertiary/aromatic N) is 1. The molecule has 1 aromatic rings. The van der Waals surface area contributed by atoms with Crippen LogP contribution in [0, 0.1) is 0 Å². The van der Waals surface area contributed by atoms with Gasteiger partial charge in [-0.15, -0.1) is 0 Å². The molecule has 0 aliphatic carbocycles. The second-order valence-corrected chi connectivity index (χ2v) is 4.65. The smallest absolute Gasteiger partial charge is 0.191 e. The molecular formula is C14H22ClN3. The van der Waals surface area contributed by atoms with Gasteiger partial charge in [0.05, 0.1) is 6.54 Å². The van der Waals surface area contributed by atoms with Crippen molar-refractivity contribution >= 4 is 17.6 Å². The second-order valence-electron chi connectivity index (χ2n) is 4.24. The Balaban J connectivity index is 2.68. The summed E-state index contributed by atoms with van der Waals surface area (Å²) in [5.74, 6) is 0.840. The van der Waals surface area contributed by atoms with Crippen molar-refractivity contribution in [1.82, 2.24) is 10.6 Å². The fourth-order valence-electron chi connectivity index (χ4n) is 1.45. The van der Waals surface area contributed by atoms with E-state index in [0.717, 1.165) is 29.5 Å². The van der Waals surface area contributed by atoms with E-state index in [1.165, 1.54) is 0 Å². The van der Waals surface area contributed by atoms with Crippen molar-refractivity contribution in [2.75, 3.05) is 6.54 Å². The third-order valence-corrected chi connectivity index (χ3v) is 3.07. The molecule has 0 aromatic heterocycles. The largest absolute Gasteiger partial charge is 0.357 e. The molecule has 0 saturated carbocycles. The van der Waals surface area contributed by atoms with Crippen molar-refractivity contribution in [2.24, 2.45) is 4.99 Å². The van der Waals surface area contributed by atoms with Crippen LogP contribution in [-0.4, -0.2) is 18.5 Å². The van der Waals surface area contributed by atoms with Gasteiger partial charge in [-0.25, -0.2) is 4.99 Å². The van der Waals surface area contributed by atoms with Gasteiger partial charge in [-0.1, -0.05) is 36.7 Å². The van der Waals surface area contributed by atoms with Crippen LogP contribution in [-0.2, 0) is 6.54 Å². The second kappa shape index (κ2) is 7.98. The number of aliphatic imine (C=N–C) groups is 1. The molecule has 18 heavy (non-hydrogen) atoms. The lowest BCUT2D eigenvalue weighted by Crippen LogP contribution is -2.41. The van der Waals surface area contributed by atoms with E-state index in [1.807, 2.05) is 24.3 Å². The lowest BCUT2D eigenvalue weighted by molar-refractivity contribution is 0.624. The maximum absolute atomic E-state index is 6.11. The molecule has 1 aromatic carbocycles. The van der Waals surface area contributed by atoms with Gasteiger partial charge in [-0.05, 0) is 31.9 Å². The monoisotopic (exact) mass is 267 g/mol. The van der Waals surface area contributed by atoms with Gasteiger partial charge in [-0.2, -0.15) is 0 Å². The Hall–Kier alpha value is -1.22. The molecule has 0 aliphatic heterocycles. The van der Waals surface area contributed by atoms with Crippen LogP contribution in [0.3, 0.4) is 0 Å². The van der Waals surface area contributed by atoms with Crippen molar-refractivity contribution in [2.45, 2.75) is 39.8 Å². The van der Waals surface area contributed by atoms with Crippen LogP contribution >= 0.6 is 11.6 Å². The van der Waals surface area contributed by atoms with Gasteiger partial charge in [0.1, 0.15) is 0 Å². The molecule has 1 unspecified atom stereocenters. The summed E-state index contributed by atoms with van der Waals surface area (Å²) in [6.07, 6.45) is 1.07. The van der Waals surface area contributed by atoms with E-state index in [-0.39, 0.29) is 0 Å². The lowest BCUT2D eigenvalue weighted by Gasteiger charge is -2.16. The highest BCUT2D eigenvalue weighted by atomic mass is 35.5. The Kier molecular flexibility index (Phi) is 6.58. The van der Waals surface area contributed by atoms with E-state index >= 15 is 0 Å².